The number of hydrogen-bond acceptors (Lipinski definition) is 5. The predicted molar refractivity (Wildman–Crippen MR) is 97.3 cm³/mol. The molecule has 2 heterocycles. The number of hydrogen-bond donors (Lipinski definition) is 1. The van der Waals surface area contributed by atoms with Crippen LogP contribution in [0.15, 0.2) is 23.1 Å². The zero-order chi connectivity index (χ0) is 19.3. The summed E-state index contributed by atoms with van der Waals surface area (Å²) < 4.78 is 27.0. The summed E-state index contributed by atoms with van der Waals surface area (Å²) in [4.78, 5) is 25.5. The first kappa shape index (κ1) is 17.8. The zero-order valence-electron chi connectivity index (χ0n) is 15.1. The van der Waals surface area contributed by atoms with E-state index in [9.17, 15) is 14.0 Å². The summed E-state index contributed by atoms with van der Waals surface area (Å²) in [5, 5.41) is 8.99. The third-order valence-electron chi connectivity index (χ3n) is 5.15. The number of morpholine rings is 1. The summed E-state index contributed by atoms with van der Waals surface area (Å²) in [6, 6.07) is 3.03. The van der Waals surface area contributed by atoms with Crippen LogP contribution in [0, 0.1) is 5.82 Å². The monoisotopic (exact) mass is 376 g/mol. The normalized spacial score (nSPS) is 22.9. The topological polar surface area (TPSA) is 81.0 Å². The van der Waals surface area contributed by atoms with Crippen molar-refractivity contribution in [3.8, 4) is 5.75 Å². The molecule has 1 aromatic carbocycles. The van der Waals surface area contributed by atoms with Gasteiger partial charge in [-0.15, -0.1) is 0 Å². The third-order valence-corrected chi connectivity index (χ3v) is 5.15. The molecule has 2 unspecified atom stereocenters. The van der Waals surface area contributed by atoms with Crippen LogP contribution in [0.2, 0.25) is 0 Å². The van der Waals surface area contributed by atoms with Crippen molar-refractivity contribution in [1.29, 1.82) is 0 Å². The first-order valence-corrected chi connectivity index (χ1v) is 9.02. The second-order valence-corrected chi connectivity index (χ2v) is 7.29. The molecule has 0 amide bonds. The lowest BCUT2D eigenvalue weighted by atomic mass is 10.1. The molecular formula is C19H21FN2O5. The lowest BCUT2D eigenvalue weighted by Gasteiger charge is -2.40. The van der Waals surface area contributed by atoms with Crippen molar-refractivity contribution >= 4 is 22.7 Å². The Morgan fingerprint density at radius 3 is 2.52 bits per heavy atom. The van der Waals surface area contributed by atoms with Crippen LogP contribution in [0.1, 0.15) is 32.7 Å². The van der Waals surface area contributed by atoms with E-state index in [1.165, 1.54) is 12.3 Å². The molecule has 0 spiro atoms. The molecule has 1 N–H and O–H groups in total. The fraction of sp³-hybridized carbons (Fsp3) is 0.474. The van der Waals surface area contributed by atoms with Gasteiger partial charge in [0.15, 0.2) is 5.75 Å². The highest BCUT2D eigenvalue weighted by Gasteiger charge is 2.31. The molecule has 2 fully saturated rings. The Morgan fingerprint density at radius 1 is 1.26 bits per heavy atom. The van der Waals surface area contributed by atoms with E-state index < -0.39 is 17.4 Å². The Kier molecular flexibility index (Phi) is 4.30. The number of nitrogens with zero attached hydrogens (tertiary/aromatic N) is 2. The Labute approximate surface area is 154 Å². The number of benzene rings is 1. The average Bonchev–Trinajstić information content (AvgIpc) is 3.43. The van der Waals surface area contributed by atoms with Gasteiger partial charge in [0.1, 0.15) is 5.82 Å². The van der Waals surface area contributed by atoms with Crippen LogP contribution in [-0.2, 0) is 4.74 Å². The maximum atomic E-state index is 15.0. The largest absolute Gasteiger partial charge is 0.511 e. The van der Waals surface area contributed by atoms with Gasteiger partial charge in [-0.25, -0.2) is 9.18 Å². The minimum Gasteiger partial charge on any atom is -0.449 e. The minimum absolute atomic E-state index is 0.00332. The Bertz CT molecular complexity index is 959. The number of ether oxygens (including phenoxy) is 2. The van der Waals surface area contributed by atoms with Gasteiger partial charge in [-0.05, 0) is 38.8 Å². The molecule has 2 aromatic rings. The van der Waals surface area contributed by atoms with Crippen molar-refractivity contribution in [3.63, 3.8) is 0 Å². The standard InChI is InChI=1S/C19H21FN2O5/c1-10-8-26-9-11(2)22(10)16-6-15-13(5-14(16)20)18(23)17(27-19(24)25)7-21(15)12-3-4-12/h5-7,10-12H,3-4,8-9H2,1-2H3,(H,24,25). The van der Waals surface area contributed by atoms with Gasteiger partial charge in [-0.1, -0.05) is 0 Å². The first-order chi connectivity index (χ1) is 12.9. The molecule has 4 rings (SSSR count). The van der Waals surface area contributed by atoms with Crippen LogP contribution in [0.25, 0.3) is 10.9 Å². The lowest BCUT2D eigenvalue weighted by Crippen LogP contribution is -2.50. The number of anilines is 1. The van der Waals surface area contributed by atoms with Crippen LogP contribution in [0.3, 0.4) is 0 Å². The van der Waals surface area contributed by atoms with E-state index in [0.29, 0.717) is 24.4 Å². The summed E-state index contributed by atoms with van der Waals surface area (Å²) in [6.45, 7) is 4.94. The van der Waals surface area contributed by atoms with Crippen LogP contribution < -0.4 is 15.1 Å². The third kappa shape index (κ3) is 3.14. The number of halogens is 1. The second kappa shape index (κ2) is 6.53. The van der Waals surface area contributed by atoms with Gasteiger partial charge >= 0.3 is 6.16 Å². The van der Waals surface area contributed by atoms with Crippen LogP contribution in [0.5, 0.6) is 5.75 Å². The second-order valence-electron chi connectivity index (χ2n) is 7.29. The Morgan fingerprint density at radius 2 is 1.93 bits per heavy atom. The number of fused-ring (bicyclic) bond motifs is 1. The molecular weight excluding hydrogens is 355 g/mol. The van der Waals surface area contributed by atoms with Gasteiger partial charge in [0.2, 0.25) is 5.43 Å². The van der Waals surface area contributed by atoms with E-state index in [1.54, 1.807) is 6.07 Å². The molecule has 8 heteroatoms. The SMILES string of the molecule is CC1COCC(C)N1c1cc2c(cc1F)c(=O)c(OC(=O)O)cn2C1CC1. The van der Waals surface area contributed by atoms with Gasteiger partial charge in [0.05, 0.1) is 48.1 Å². The first-order valence-electron chi connectivity index (χ1n) is 9.02. The summed E-state index contributed by atoms with van der Waals surface area (Å²) in [7, 11) is 0. The summed E-state index contributed by atoms with van der Waals surface area (Å²) in [5.74, 6) is -0.822. The molecule has 1 aliphatic carbocycles. The van der Waals surface area contributed by atoms with Crippen molar-refractivity contribution < 1.29 is 23.8 Å². The molecule has 7 nitrogen and oxygen atoms in total. The highest BCUT2D eigenvalue weighted by molar-refractivity contribution is 5.85. The zero-order valence-corrected chi connectivity index (χ0v) is 15.1. The molecule has 1 saturated heterocycles. The molecule has 0 bridgehead atoms. The van der Waals surface area contributed by atoms with E-state index >= 15 is 0 Å². The van der Waals surface area contributed by atoms with Gasteiger partial charge < -0.3 is 24.0 Å². The summed E-state index contributed by atoms with van der Waals surface area (Å²) >= 11 is 0. The molecule has 144 valence electrons. The van der Waals surface area contributed by atoms with E-state index in [0.717, 1.165) is 12.8 Å². The number of carboxylic acid groups (broad SMARTS) is 1. The van der Waals surface area contributed by atoms with Gasteiger partial charge in [0.25, 0.3) is 0 Å². The fourth-order valence-electron chi connectivity index (χ4n) is 3.83. The van der Waals surface area contributed by atoms with Crippen LogP contribution in [-0.4, -0.2) is 41.1 Å². The molecule has 0 radical (unpaired) electrons. The average molecular weight is 376 g/mol. The van der Waals surface area contributed by atoms with Crippen molar-refractivity contribution in [3.05, 3.63) is 34.4 Å². The number of pyridine rings is 1. The molecule has 1 aliphatic heterocycles. The predicted octanol–water partition coefficient (Wildman–Crippen LogP) is 3.15. The highest BCUT2D eigenvalue weighted by atomic mass is 19.1. The van der Waals surface area contributed by atoms with Crippen molar-refractivity contribution in [2.75, 3.05) is 18.1 Å². The summed E-state index contributed by atoms with van der Waals surface area (Å²) in [5.41, 5.74) is 0.381. The molecule has 27 heavy (non-hydrogen) atoms. The van der Waals surface area contributed by atoms with Gasteiger partial charge in [-0.3, -0.25) is 4.79 Å². The van der Waals surface area contributed by atoms with E-state index in [1.807, 2.05) is 23.3 Å². The van der Waals surface area contributed by atoms with E-state index in [-0.39, 0.29) is 29.3 Å². The number of aromatic nitrogens is 1. The number of carbonyl (C=O) groups is 1. The minimum atomic E-state index is -1.57. The maximum Gasteiger partial charge on any atom is 0.511 e. The highest BCUT2D eigenvalue weighted by Crippen LogP contribution is 2.39. The quantitative estimate of drug-likeness (QED) is 0.829. The number of rotatable bonds is 3. The van der Waals surface area contributed by atoms with E-state index in [2.05, 4.69) is 4.74 Å². The van der Waals surface area contributed by atoms with Crippen LogP contribution in [0.4, 0.5) is 14.9 Å². The van der Waals surface area contributed by atoms with Crippen molar-refractivity contribution in [2.24, 2.45) is 0 Å². The van der Waals surface area contributed by atoms with Crippen LogP contribution >= 0.6 is 0 Å². The van der Waals surface area contributed by atoms with Crippen molar-refractivity contribution in [1.82, 2.24) is 4.57 Å². The van der Waals surface area contributed by atoms with Crippen molar-refractivity contribution in [2.45, 2.75) is 44.8 Å². The lowest BCUT2D eigenvalue weighted by molar-refractivity contribution is 0.0753. The molecule has 1 saturated carbocycles. The van der Waals surface area contributed by atoms with Gasteiger partial charge in [-0.2, -0.15) is 0 Å². The fourth-order valence-corrected chi connectivity index (χ4v) is 3.83. The van der Waals surface area contributed by atoms with E-state index in [4.69, 9.17) is 9.84 Å². The molecule has 2 aliphatic rings. The maximum absolute atomic E-state index is 15.0. The Balaban J connectivity index is 1.92. The Hall–Kier alpha value is -2.61. The molecule has 2 atom stereocenters. The smallest absolute Gasteiger partial charge is 0.449 e. The van der Waals surface area contributed by atoms with Gasteiger partial charge in [0, 0.05) is 6.04 Å². The molecule has 1 aromatic heterocycles. The summed E-state index contributed by atoms with van der Waals surface area (Å²) in [6.07, 6.45) is 1.69.